The van der Waals surface area contributed by atoms with Gasteiger partial charge in [-0.25, -0.2) is 0 Å². The molecular formula is C8H10OP+. The van der Waals surface area contributed by atoms with Crippen molar-refractivity contribution in [2.75, 3.05) is 0 Å². The van der Waals surface area contributed by atoms with Gasteiger partial charge in [0.1, 0.15) is 0 Å². The standard InChI is InChI=1S/C8H9OP/c1-6-3-4-8(10-9)5-7(6)2/h3-5H,1-2H3/p+1. The molecule has 1 unspecified atom stereocenters. The van der Waals surface area contributed by atoms with Crippen LogP contribution in [-0.4, -0.2) is 0 Å². The van der Waals surface area contributed by atoms with Crippen LogP contribution in [0.4, 0.5) is 0 Å². The third-order valence-electron chi connectivity index (χ3n) is 1.62. The Kier molecular flexibility index (Phi) is 2.18. The first-order valence-corrected chi connectivity index (χ1v) is 4.10. The quantitative estimate of drug-likeness (QED) is 0.563. The van der Waals surface area contributed by atoms with Crippen LogP contribution in [0.5, 0.6) is 0 Å². The highest BCUT2D eigenvalue weighted by Crippen LogP contribution is 2.05. The summed E-state index contributed by atoms with van der Waals surface area (Å²) < 4.78 is 10.4. The fourth-order valence-electron chi connectivity index (χ4n) is 0.805. The summed E-state index contributed by atoms with van der Waals surface area (Å²) in [4.78, 5) is 0. The average Bonchev–Trinajstić information content (AvgIpc) is 1.95. The van der Waals surface area contributed by atoms with Crippen LogP contribution in [0.25, 0.3) is 0 Å². The molecule has 0 fully saturated rings. The fraction of sp³-hybridized carbons (Fsp3) is 0.250. The topological polar surface area (TPSA) is 17.1 Å². The van der Waals surface area contributed by atoms with E-state index >= 15 is 0 Å². The molecule has 0 aliphatic heterocycles. The molecule has 0 saturated heterocycles. The Balaban J connectivity index is 3.16. The smallest absolute Gasteiger partial charge is 0.0707 e. The highest BCUT2D eigenvalue weighted by molar-refractivity contribution is 7.34. The van der Waals surface area contributed by atoms with Gasteiger partial charge in [-0.1, -0.05) is 10.6 Å². The fourth-order valence-corrected chi connectivity index (χ4v) is 1.23. The molecule has 0 saturated carbocycles. The second-order valence-corrected chi connectivity index (χ2v) is 3.18. The number of benzene rings is 1. The van der Waals surface area contributed by atoms with E-state index in [1.54, 1.807) is 0 Å². The van der Waals surface area contributed by atoms with Crippen molar-refractivity contribution >= 4 is 13.8 Å². The van der Waals surface area contributed by atoms with Gasteiger partial charge in [0.15, 0.2) is 5.30 Å². The molecule has 0 aliphatic carbocycles. The molecule has 0 spiro atoms. The van der Waals surface area contributed by atoms with Gasteiger partial charge in [-0.15, -0.1) is 0 Å². The molecule has 1 atom stereocenters. The van der Waals surface area contributed by atoms with E-state index in [-0.39, 0.29) is 8.46 Å². The van der Waals surface area contributed by atoms with E-state index in [1.807, 2.05) is 32.0 Å². The summed E-state index contributed by atoms with van der Waals surface area (Å²) in [5.74, 6) is 0. The van der Waals surface area contributed by atoms with Gasteiger partial charge in [-0.05, 0) is 37.1 Å². The molecule has 0 aliphatic rings. The summed E-state index contributed by atoms with van der Waals surface area (Å²) in [6.45, 7) is 4.08. The van der Waals surface area contributed by atoms with Crippen molar-refractivity contribution in [1.82, 2.24) is 0 Å². The monoisotopic (exact) mass is 153 g/mol. The first-order chi connectivity index (χ1) is 4.74. The summed E-state index contributed by atoms with van der Waals surface area (Å²) in [6.07, 6.45) is 0. The van der Waals surface area contributed by atoms with Crippen LogP contribution in [0.2, 0.25) is 0 Å². The first-order valence-electron chi connectivity index (χ1n) is 3.19. The van der Waals surface area contributed by atoms with Crippen LogP contribution in [0, 0.1) is 13.8 Å². The minimum atomic E-state index is -0.327. The molecule has 1 rings (SSSR count). The molecule has 2 heteroatoms. The highest BCUT2D eigenvalue weighted by Gasteiger charge is 1.99. The Hall–Kier alpha value is -0.680. The molecule has 1 aromatic rings. The zero-order valence-corrected chi connectivity index (χ0v) is 7.14. The van der Waals surface area contributed by atoms with Crippen LogP contribution in [-0.2, 0) is 4.57 Å². The van der Waals surface area contributed by atoms with Crippen molar-refractivity contribution in [3.8, 4) is 0 Å². The largest absolute Gasteiger partial charge is 0.363 e. The van der Waals surface area contributed by atoms with Gasteiger partial charge < -0.3 is 0 Å². The highest BCUT2D eigenvalue weighted by atomic mass is 31.1. The number of rotatable bonds is 1. The maximum atomic E-state index is 10.4. The maximum Gasteiger partial charge on any atom is 0.363 e. The first kappa shape index (κ1) is 7.43. The Labute approximate surface area is 62.3 Å². The number of aryl methyl sites for hydroxylation is 2. The van der Waals surface area contributed by atoms with Crippen molar-refractivity contribution in [2.45, 2.75) is 13.8 Å². The molecular weight excluding hydrogens is 143 g/mol. The van der Waals surface area contributed by atoms with Gasteiger partial charge >= 0.3 is 8.46 Å². The average molecular weight is 153 g/mol. The van der Waals surface area contributed by atoms with Gasteiger partial charge in [0.25, 0.3) is 0 Å². The van der Waals surface area contributed by atoms with Crippen molar-refractivity contribution in [2.24, 2.45) is 0 Å². The molecule has 10 heavy (non-hydrogen) atoms. The van der Waals surface area contributed by atoms with E-state index in [9.17, 15) is 4.57 Å². The third-order valence-corrected chi connectivity index (χ3v) is 2.17. The Morgan fingerprint density at radius 2 is 1.90 bits per heavy atom. The Bertz CT molecular complexity index is 255. The van der Waals surface area contributed by atoms with Gasteiger partial charge in [0.2, 0.25) is 0 Å². The maximum absolute atomic E-state index is 10.4. The lowest BCUT2D eigenvalue weighted by atomic mass is 10.1. The van der Waals surface area contributed by atoms with Crippen LogP contribution in [0.15, 0.2) is 18.2 Å². The van der Waals surface area contributed by atoms with Crippen molar-refractivity contribution in [1.29, 1.82) is 0 Å². The summed E-state index contributed by atoms with van der Waals surface area (Å²) in [6, 6.07) is 5.85. The molecule has 0 amide bonds. The molecule has 0 bridgehead atoms. The van der Waals surface area contributed by atoms with Crippen LogP contribution in [0.3, 0.4) is 0 Å². The normalized spacial score (nSPS) is 10.2. The molecule has 0 N–H and O–H groups in total. The molecule has 52 valence electrons. The summed E-state index contributed by atoms with van der Waals surface area (Å²) >= 11 is 0. The van der Waals surface area contributed by atoms with Gasteiger partial charge in [-0.2, -0.15) is 0 Å². The summed E-state index contributed by atoms with van der Waals surface area (Å²) in [5.41, 5.74) is 2.46. The molecule has 0 radical (unpaired) electrons. The predicted octanol–water partition coefficient (Wildman–Crippen LogP) is 1.95. The van der Waals surface area contributed by atoms with Crippen LogP contribution in [0.1, 0.15) is 11.1 Å². The second kappa shape index (κ2) is 2.94. The van der Waals surface area contributed by atoms with Gasteiger partial charge in [0, 0.05) is 0 Å². The van der Waals surface area contributed by atoms with Crippen molar-refractivity contribution in [3.05, 3.63) is 29.3 Å². The minimum absolute atomic E-state index is 0.327. The molecule has 1 aromatic carbocycles. The van der Waals surface area contributed by atoms with E-state index in [4.69, 9.17) is 0 Å². The van der Waals surface area contributed by atoms with E-state index in [0.717, 1.165) is 5.30 Å². The third kappa shape index (κ3) is 1.43. The second-order valence-electron chi connectivity index (χ2n) is 2.40. The SMILES string of the molecule is Cc1ccc([PH+]=O)cc1C. The van der Waals surface area contributed by atoms with Gasteiger partial charge in [0.05, 0.1) is 0 Å². The molecule has 0 aromatic heterocycles. The lowest BCUT2D eigenvalue weighted by molar-refractivity contribution is 0.603. The molecule has 1 nitrogen and oxygen atoms in total. The van der Waals surface area contributed by atoms with Crippen molar-refractivity contribution < 1.29 is 4.57 Å². The van der Waals surface area contributed by atoms with E-state index < -0.39 is 0 Å². The summed E-state index contributed by atoms with van der Waals surface area (Å²) in [5, 5.41) is 0.906. The number of hydrogen-bond acceptors (Lipinski definition) is 1. The Morgan fingerprint density at radius 3 is 2.40 bits per heavy atom. The summed E-state index contributed by atoms with van der Waals surface area (Å²) in [7, 11) is -0.327. The zero-order chi connectivity index (χ0) is 7.56. The minimum Gasteiger partial charge on any atom is -0.0707 e. The lowest BCUT2D eigenvalue weighted by Crippen LogP contribution is -1.92. The van der Waals surface area contributed by atoms with E-state index in [1.165, 1.54) is 11.1 Å². The van der Waals surface area contributed by atoms with E-state index in [0.29, 0.717) is 0 Å². The molecule has 0 heterocycles. The predicted molar refractivity (Wildman–Crippen MR) is 44.6 cm³/mol. The van der Waals surface area contributed by atoms with Crippen LogP contribution < -0.4 is 5.30 Å². The lowest BCUT2D eigenvalue weighted by Gasteiger charge is -1.94. The Morgan fingerprint density at radius 1 is 1.20 bits per heavy atom. The van der Waals surface area contributed by atoms with Crippen LogP contribution >= 0.6 is 8.46 Å². The van der Waals surface area contributed by atoms with Gasteiger partial charge in [-0.3, -0.25) is 0 Å². The zero-order valence-electron chi connectivity index (χ0n) is 6.14. The van der Waals surface area contributed by atoms with Crippen molar-refractivity contribution in [3.63, 3.8) is 0 Å². The number of hydrogen-bond donors (Lipinski definition) is 0. The van der Waals surface area contributed by atoms with E-state index in [2.05, 4.69) is 0 Å².